The van der Waals surface area contributed by atoms with Gasteiger partial charge in [0.1, 0.15) is 10.6 Å². The van der Waals surface area contributed by atoms with Gasteiger partial charge in [-0.15, -0.1) is 11.3 Å². The van der Waals surface area contributed by atoms with Gasteiger partial charge in [-0.25, -0.2) is 4.79 Å². The maximum absolute atomic E-state index is 12.3. The summed E-state index contributed by atoms with van der Waals surface area (Å²) in [6.07, 6.45) is 0.789. The smallest absolute Gasteiger partial charge is 0.341 e. The van der Waals surface area contributed by atoms with Gasteiger partial charge < -0.3 is 10.5 Å². The molecule has 0 unspecified atom stereocenters. The molecule has 0 spiro atoms. The zero-order chi connectivity index (χ0) is 16.9. The van der Waals surface area contributed by atoms with Crippen LogP contribution in [0.1, 0.15) is 23.7 Å². The molecule has 0 saturated heterocycles. The van der Waals surface area contributed by atoms with Gasteiger partial charge in [-0.3, -0.25) is 0 Å². The first kappa shape index (κ1) is 16.3. The number of hydrogen-bond acceptors (Lipinski definition) is 4. The summed E-state index contributed by atoms with van der Waals surface area (Å²) < 4.78 is 5.26. The molecule has 0 aliphatic carbocycles. The molecule has 0 aliphatic heterocycles. The number of hydrogen-bond donors (Lipinski definition) is 1. The van der Waals surface area contributed by atoms with E-state index in [2.05, 4.69) is 24.3 Å². The van der Waals surface area contributed by atoms with Gasteiger partial charge in [-0.05, 0) is 23.1 Å². The lowest BCUT2D eigenvalue weighted by molar-refractivity contribution is 0.0508. The summed E-state index contributed by atoms with van der Waals surface area (Å²) in [7, 11) is 0. The van der Waals surface area contributed by atoms with Gasteiger partial charge in [0.15, 0.2) is 0 Å². The Hall–Kier alpha value is -2.59. The second kappa shape index (κ2) is 7.32. The van der Waals surface area contributed by atoms with E-state index in [1.807, 2.05) is 42.6 Å². The topological polar surface area (TPSA) is 52.3 Å². The number of anilines is 1. The molecule has 1 heterocycles. The van der Waals surface area contributed by atoms with Crippen molar-refractivity contribution in [2.24, 2.45) is 0 Å². The van der Waals surface area contributed by atoms with Crippen molar-refractivity contribution in [3.63, 3.8) is 0 Å². The number of esters is 1. The Kier molecular flexibility index (Phi) is 4.96. The first-order valence-electron chi connectivity index (χ1n) is 7.90. The van der Waals surface area contributed by atoms with E-state index >= 15 is 0 Å². The predicted octanol–water partition coefficient (Wildman–Crippen LogP) is 5.23. The zero-order valence-electron chi connectivity index (χ0n) is 13.5. The molecule has 3 rings (SSSR count). The molecule has 0 radical (unpaired) electrons. The molecule has 0 amide bonds. The maximum Gasteiger partial charge on any atom is 0.341 e. The van der Waals surface area contributed by atoms with Crippen molar-refractivity contribution in [1.29, 1.82) is 0 Å². The molecule has 24 heavy (non-hydrogen) atoms. The first-order chi connectivity index (χ1) is 11.7. The minimum absolute atomic E-state index is 0.349. The van der Waals surface area contributed by atoms with E-state index in [9.17, 15) is 4.79 Å². The van der Waals surface area contributed by atoms with Crippen molar-refractivity contribution in [2.75, 3.05) is 12.3 Å². The van der Waals surface area contributed by atoms with Gasteiger partial charge >= 0.3 is 5.97 Å². The Morgan fingerprint density at radius 1 is 1.00 bits per heavy atom. The quantitative estimate of drug-likeness (QED) is 0.648. The number of carbonyl (C=O) groups excluding carboxylic acids is 1. The number of rotatable bonds is 5. The fraction of sp³-hybridized carbons (Fsp3) is 0.150. The van der Waals surface area contributed by atoms with Gasteiger partial charge in [0.25, 0.3) is 0 Å². The standard InChI is InChI=1S/C20H19NO2S/c1-2-12-23-20(22)18-17(13-24-19(18)21)16-10-8-15(9-11-16)14-6-4-3-5-7-14/h3-11,13H,2,12,21H2,1H3. The Morgan fingerprint density at radius 2 is 1.62 bits per heavy atom. The minimum Gasteiger partial charge on any atom is -0.462 e. The third kappa shape index (κ3) is 3.34. The minimum atomic E-state index is -0.349. The Bertz CT molecular complexity index is 823. The van der Waals surface area contributed by atoms with Crippen LogP contribution in [0.5, 0.6) is 0 Å². The third-order valence-corrected chi connectivity index (χ3v) is 4.58. The number of nitrogen functional groups attached to an aromatic ring is 1. The molecule has 0 bridgehead atoms. The third-order valence-electron chi connectivity index (χ3n) is 3.76. The monoisotopic (exact) mass is 337 g/mol. The molecule has 4 heteroatoms. The van der Waals surface area contributed by atoms with Crippen molar-refractivity contribution >= 4 is 22.3 Å². The molecule has 0 fully saturated rings. The summed E-state index contributed by atoms with van der Waals surface area (Å²) in [5.41, 5.74) is 10.6. The van der Waals surface area contributed by atoms with Crippen molar-refractivity contribution < 1.29 is 9.53 Å². The van der Waals surface area contributed by atoms with Crippen LogP contribution in [0.15, 0.2) is 60.0 Å². The molecule has 0 atom stereocenters. The van der Waals surface area contributed by atoms with Gasteiger partial charge in [0, 0.05) is 10.9 Å². The van der Waals surface area contributed by atoms with Crippen LogP contribution in [-0.4, -0.2) is 12.6 Å². The zero-order valence-corrected chi connectivity index (χ0v) is 14.3. The van der Waals surface area contributed by atoms with Gasteiger partial charge in [-0.1, -0.05) is 61.5 Å². The van der Waals surface area contributed by atoms with E-state index in [-0.39, 0.29) is 5.97 Å². The molecule has 122 valence electrons. The van der Waals surface area contributed by atoms with E-state index in [1.165, 1.54) is 11.3 Å². The van der Waals surface area contributed by atoms with Crippen LogP contribution in [0.3, 0.4) is 0 Å². The highest BCUT2D eigenvalue weighted by Crippen LogP contribution is 2.35. The first-order valence-corrected chi connectivity index (χ1v) is 8.78. The predicted molar refractivity (Wildman–Crippen MR) is 100 cm³/mol. The van der Waals surface area contributed by atoms with Crippen LogP contribution in [0, 0.1) is 0 Å². The van der Waals surface area contributed by atoms with Crippen LogP contribution in [0.25, 0.3) is 22.3 Å². The molecule has 0 aliphatic rings. The van der Waals surface area contributed by atoms with E-state index in [1.54, 1.807) is 0 Å². The SMILES string of the molecule is CCCOC(=O)c1c(-c2ccc(-c3ccccc3)cc2)csc1N. The lowest BCUT2D eigenvalue weighted by Gasteiger charge is -2.07. The molecular formula is C20H19NO2S. The van der Waals surface area contributed by atoms with E-state index in [0.717, 1.165) is 28.7 Å². The highest BCUT2D eigenvalue weighted by atomic mass is 32.1. The highest BCUT2D eigenvalue weighted by Gasteiger charge is 2.19. The summed E-state index contributed by atoms with van der Waals surface area (Å²) >= 11 is 1.37. The maximum atomic E-state index is 12.3. The van der Waals surface area contributed by atoms with E-state index in [4.69, 9.17) is 10.5 Å². The number of thiophene rings is 1. The average Bonchev–Trinajstić information content (AvgIpc) is 3.02. The fourth-order valence-corrected chi connectivity index (χ4v) is 3.35. The molecule has 2 aromatic carbocycles. The molecule has 1 aromatic heterocycles. The molecular weight excluding hydrogens is 318 g/mol. The normalized spacial score (nSPS) is 10.5. The number of ether oxygens (including phenoxy) is 1. The van der Waals surface area contributed by atoms with Crippen molar-refractivity contribution in [3.8, 4) is 22.3 Å². The summed E-state index contributed by atoms with van der Waals surface area (Å²) in [6.45, 7) is 2.37. The highest BCUT2D eigenvalue weighted by molar-refractivity contribution is 7.14. The van der Waals surface area contributed by atoms with Gasteiger partial charge in [0.05, 0.1) is 6.61 Å². The second-order valence-electron chi connectivity index (χ2n) is 5.47. The molecule has 3 nitrogen and oxygen atoms in total. The fourth-order valence-electron chi connectivity index (χ4n) is 2.54. The molecule has 2 N–H and O–H groups in total. The van der Waals surface area contributed by atoms with Crippen LogP contribution in [-0.2, 0) is 4.74 Å². The van der Waals surface area contributed by atoms with Crippen LogP contribution >= 0.6 is 11.3 Å². The van der Waals surface area contributed by atoms with Gasteiger partial charge in [-0.2, -0.15) is 0 Å². The summed E-state index contributed by atoms with van der Waals surface area (Å²) in [5.74, 6) is -0.349. The summed E-state index contributed by atoms with van der Waals surface area (Å²) in [4.78, 5) is 12.3. The van der Waals surface area contributed by atoms with E-state index < -0.39 is 0 Å². The van der Waals surface area contributed by atoms with Crippen molar-refractivity contribution in [3.05, 3.63) is 65.5 Å². The number of carbonyl (C=O) groups is 1. The summed E-state index contributed by atoms with van der Waals surface area (Å²) in [6, 6.07) is 18.3. The average molecular weight is 337 g/mol. The largest absolute Gasteiger partial charge is 0.462 e. The lowest BCUT2D eigenvalue weighted by atomic mass is 9.99. The van der Waals surface area contributed by atoms with Crippen LogP contribution < -0.4 is 5.73 Å². The van der Waals surface area contributed by atoms with Gasteiger partial charge in [0.2, 0.25) is 0 Å². The van der Waals surface area contributed by atoms with Crippen molar-refractivity contribution in [1.82, 2.24) is 0 Å². The molecule has 3 aromatic rings. The number of benzene rings is 2. The van der Waals surface area contributed by atoms with Crippen LogP contribution in [0.2, 0.25) is 0 Å². The Morgan fingerprint density at radius 3 is 2.29 bits per heavy atom. The second-order valence-corrected chi connectivity index (χ2v) is 6.38. The molecule has 0 saturated carbocycles. The Balaban J connectivity index is 1.91. The van der Waals surface area contributed by atoms with Crippen LogP contribution in [0.4, 0.5) is 5.00 Å². The Labute approximate surface area is 145 Å². The lowest BCUT2D eigenvalue weighted by Crippen LogP contribution is -2.08. The number of nitrogens with two attached hydrogens (primary N) is 1. The van der Waals surface area contributed by atoms with Crippen molar-refractivity contribution in [2.45, 2.75) is 13.3 Å². The van der Waals surface area contributed by atoms with E-state index in [0.29, 0.717) is 17.2 Å². The summed E-state index contributed by atoms with van der Waals surface area (Å²) in [5, 5.41) is 2.41.